The van der Waals surface area contributed by atoms with E-state index in [1.165, 1.54) is 6.07 Å². The van der Waals surface area contributed by atoms with Crippen LogP contribution in [0.15, 0.2) is 60.7 Å². The molecule has 2 N–H and O–H groups in total. The molecule has 2 aromatic carbocycles. The summed E-state index contributed by atoms with van der Waals surface area (Å²) in [6.45, 7) is 0.0758. The van der Waals surface area contributed by atoms with Crippen molar-refractivity contribution in [2.24, 2.45) is 0 Å². The van der Waals surface area contributed by atoms with Gasteiger partial charge in [0.25, 0.3) is 0 Å². The lowest BCUT2D eigenvalue weighted by Crippen LogP contribution is -2.14. The number of nitrogens with zero attached hydrogens (tertiary/aromatic N) is 4. The van der Waals surface area contributed by atoms with Crippen LogP contribution < -0.4 is 5.32 Å². The van der Waals surface area contributed by atoms with Crippen LogP contribution in [0.1, 0.15) is 11.7 Å². The Morgan fingerprint density at radius 3 is 2.56 bits per heavy atom. The van der Waals surface area contributed by atoms with Crippen molar-refractivity contribution in [1.82, 2.24) is 19.8 Å². The third-order valence-corrected chi connectivity index (χ3v) is 4.10. The topological polar surface area (TPSA) is 75.3 Å². The number of aliphatic hydroxyl groups is 1. The van der Waals surface area contributed by atoms with Crippen molar-refractivity contribution in [3.63, 3.8) is 0 Å². The van der Waals surface area contributed by atoms with Gasteiger partial charge in [0.2, 0.25) is 0 Å². The number of fused-ring (bicyclic) bond motifs is 1. The molecule has 0 aliphatic carbocycles. The van der Waals surface area contributed by atoms with Gasteiger partial charge in [0, 0.05) is 12.1 Å². The van der Waals surface area contributed by atoms with E-state index in [1.54, 1.807) is 16.6 Å². The van der Waals surface area contributed by atoms with Gasteiger partial charge >= 0.3 is 0 Å². The SMILES string of the molecule is OC(CNc1ccc2nnc(-c3ccccc3)n2n1)c1ccc(F)c(F)c1. The summed E-state index contributed by atoms with van der Waals surface area (Å²) in [6, 6.07) is 16.3. The van der Waals surface area contributed by atoms with E-state index in [0.717, 1.165) is 17.7 Å². The summed E-state index contributed by atoms with van der Waals surface area (Å²) in [5, 5.41) is 25.9. The van der Waals surface area contributed by atoms with Gasteiger partial charge < -0.3 is 10.4 Å². The molecule has 2 aromatic heterocycles. The highest BCUT2D eigenvalue weighted by molar-refractivity contribution is 5.59. The molecule has 0 bridgehead atoms. The van der Waals surface area contributed by atoms with Gasteiger partial charge in [-0.3, -0.25) is 0 Å². The first-order chi connectivity index (χ1) is 13.1. The van der Waals surface area contributed by atoms with E-state index in [-0.39, 0.29) is 12.1 Å². The predicted molar refractivity (Wildman–Crippen MR) is 96.0 cm³/mol. The molecule has 2 heterocycles. The molecule has 1 unspecified atom stereocenters. The quantitative estimate of drug-likeness (QED) is 0.567. The van der Waals surface area contributed by atoms with E-state index in [1.807, 2.05) is 30.3 Å². The molecule has 136 valence electrons. The average Bonchev–Trinajstić information content (AvgIpc) is 3.12. The molecule has 8 heteroatoms. The number of aromatic nitrogens is 4. The molecule has 0 spiro atoms. The summed E-state index contributed by atoms with van der Waals surface area (Å²) in [6.07, 6.45) is -1.02. The molecule has 6 nitrogen and oxygen atoms in total. The van der Waals surface area contributed by atoms with E-state index in [0.29, 0.717) is 17.3 Å². The van der Waals surface area contributed by atoms with Gasteiger partial charge in [-0.05, 0) is 29.8 Å². The van der Waals surface area contributed by atoms with Crippen molar-refractivity contribution in [3.8, 4) is 11.4 Å². The first-order valence-corrected chi connectivity index (χ1v) is 8.26. The van der Waals surface area contributed by atoms with Crippen LogP contribution in [-0.4, -0.2) is 31.5 Å². The standard InChI is InChI=1S/C19H15F2N5O/c20-14-7-6-13(10-15(14)21)16(27)11-22-17-8-9-18-23-24-19(26(18)25-17)12-4-2-1-3-5-12/h1-10,16,27H,11H2,(H,22,25). The smallest absolute Gasteiger partial charge is 0.185 e. The van der Waals surface area contributed by atoms with Crippen molar-refractivity contribution in [2.45, 2.75) is 6.10 Å². The maximum atomic E-state index is 13.3. The molecule has 0 fully saturated rings. The van der Waals surface area contributed by atoms with Crippen LogP contribution in [0.25, 0.3) is 17.0 Å². The zero-order valence-corrected chi connectivity index (χ0v) is 14.0. The normalized spacial score (nSPS) is 12.3. The van der Waals surface area contributed by atoms with Crippen molar-refractivity contribution in [2.75, 3.05) is 11.9 Å². The van der Waals surface area contributed by atoms with Crippen LogP contribution in [0.3, 0.4) is 0 Å². The Morgan fingerprint density at radius 1 is 0.963 bits per heavy atom. The molecule has 4 rings (SSSR count). The molecule has 0 aliphatic heterocycles. The van der Waals surface area contributed by atoms with Crippen molar-refractivity contribution >= 4 is 11.5 Å². The number of rotatable bonds is 5. The van der Waals surface area contributed by atoms with Crippen LogP contribution in [0.2, 0.25) is 0 Å². The largest absolute Gasteiger partial charge is 0.387 e. The molecule has 0 amide bonds. The molecule has 27 heavy (non-hydrogen) atoms. The molecular weight excluding hydrogens is 352 g/mol. The molecule has 1 atom stereocenters. The van der Waals surface area contributed by atoms with Gasteiger partial charge in [-0.1, -0.05) is 36.4 Å². The highest BCUT2D eigenvalue weighted by atomic mass is 19.2. The third-order valence-electron chi connectivity index (χ3n) is 4.10. The molecule has 0 radical (unpaired) electrons. The van der Waals surface area contributed by atoms with E-state index < -0.39 is 17.7 Å². The summed E-state index contributed by atoms with van der Waals surface area (Å²) < 4.78 is 27.9. The summed E-state index contributed by atoms with van der Waals surface area (Å²) in [4.78, 5) is 0. The van der Waals surface area contributed by atoms with Gasteiger partial charge in [0.05, 0.1) is 6.10 Å². The van der Waals surface area contributed by atoms with Gasteiger partial charge in [-0.15, -0.1) is 15.3 Å². The second-order valence-electron chi connectivity index (χ2n) is 5.95. The minimum Gasteiger partial charge on any atom is -0.387 e. The van der Waals surface area contributed by atoms with Gasteiger partial charge in [-0.2, -0.15) is 4.52 Å². The Bertz CT molecular complexity index is 1080. The Balaban J connectivity index is 1.55. The summed E-state index contributed by atoms with van der Waals surface area (Å²) in [5.41, 5.74) is 1.73. The van der Waals surface area contributed by atoms with E-state index in [2.05, 4.69) is 20.6 Å². The lowest BCUT2D eigenvalue weighted by Gasteiger charge is -2.13. The second kappa shape index (κ2) is 7.08. The number of aliphatic hydroxyl groups excluding tert-OH is 1. The Labute approximate surface area is 153 Å². The Kier molecular flexibility index (Phi) is 4.47. The predicted octanol–water partition coefficient (Wildman–Crippen LogP) is 3.22. The molecular formula is C19H15F2N5O. The molecule has 0 saturated heterocycles. The first kappa shape index (κ1) is 17.0. The monoisotopic (exact) mass is 367 g/mol. The fraction of sp³-hybridized carbons (Fsp3) is 0.105. The number of hydrogen-bond acceptors (Lipinski definition) is 5. The third kappa shape index (κ3) is 3.47. The summed E-state index contributed by atoms with van der Waals surface area (Å²) in [5.74, 6) is -0.869. The number of halogens is 2. The van der Waals surface area contributed by atoms with Gasteiger partial charge in [-0.25, -0.2) is 8.78 Å². The highest BCUT2D eigenvalue weighted by Gasteiger charge is 2.13. The Morgan fingerprint density at radius 2 is 1.78 bits per heavy atom. The van der Waals surface area contributed by atoms with Crippen molar-refractivity contribution in [1.29, 1.82) is 0 Å². The number of benzene rings is 2. The summed E-state index contributed by atoms with van der Waals surface area (Å²) in [7, 11) is 0. The Hall–Kier alpha value is -3.39. The van der Waals surface area contributed by atoms with Gasteiger partial charge in [0.15, 0.2) is 23.1 Å². The fourth-order valence-electron chi connectivity index (χ4n) is 2.69. The summed E-state index contributed by atoms with van der Waals surface area (Å²) >= 11 is 0. The minimum absolute atomic E-state index is 0.0758. The number of anilines is 1. The zero-order chi connectivity index (χ0) is 18.8. The maximum absolute atomic E-state index is 13.3. The molecule has 4 aromatic rings. The lowest BCUT2D eigenvalue weighted by molar-refractivity contribution is 0.191. The number of hydrogen-bond donors (Lipinski definition) is 2. The average molecular weight is 367 g/mol. The van der Waals surface area contributed by atoms with Gasteiger partial charge in [0.1, 0.15) is 5.82 Å². The molecule has 0 saturated carbocycles. The van der Waals surface area contributed by atoms with Crippen LogP contribution in [0, 0.1) is 11.6 Å². The van der Waals surface area contributed by atoms with E-state index in [4.69, 9.17) is 0 Å². The lowest BCUT2D eigenvalue weighted by atomic mass is 10.1. The van der Waals surface area contributed by atoms with Crippen LogP contribution >= 0.6 is 0 Å². The first-order valence-electron chi connectivity index (χ1n) is 8.26. The van der Waals surface area contributed by atoms with E-state index >= 15 is 0 Å². The van der Waals surface area contributed by atoms with Crippen LogP contribution in [-0.2, 0) is 0 Å². The van der Waals surface area contributed by atoms with E-state index in [9.17, 15) is 13.9 Å². The van der Waals surface area contributed by atoms with Crippen molar-refractivity contribution < 1.29 is 13.9 Å². The number of nitrogens with one attached hydrogen (secondary N) is 1. The fourth-order valence-corrected chi connectivity index (χ4v) is 2.69. The van der Waals surface area contributed by atoms with Crippen LogP contribution in [0.5, 0.6) is 0 Å². The van der Waals surface area contributed by atoms with Crippen LogP contribution in [0.4, 0.5) is 14.6 Å². The highest BCUT2D eigenvalue weighted by Crippen LogP contribution is 2.19. The molecule has 0 aliphatic rings. The maximum Gasteiger partial charge on any atom is 0.185 e. The zero-order valence-electron chi connectivity index (χ0n) is 14.0. The van der Waals surface area contributed by atoms with Crippen molar-refractivity contribution in [3.05, 3.63) is 77.9 Å². The second-order valence-corrected chi connectivity index (χ2v) is 5.95. The minimum atomic E-state index is -1.02.